The molecule has 7 heteroatoms. The van der Waals surface area contributed by atoms with Gasteiger partial charge in [-0.15, -0.1) is 0 Å². The van der Waals surface area contributed by atoms with Crippen LogP contribution < -0.4 is 24.3 Å². The normalized spacial score (nSPS) is 17.9. The van der Waals surface area contributed by atoms with E-state index in [9.17, 15) is 9.90 Å². The molecule has 0 aliphatic carbocycles. The van der Waals surface area contributed by atoms with Crippen LogP contribution in [-0.2, 0) is 4.79 Å². The topological polar surface area (TPSA) is 86.3 Å². The highest BCUT2D eigenvalue weighted by atomic mass is 16.6. The molecule has 1 atom stereocenters. The smallest absolute Gasteiger partial charge is 0.225 e. The van der Waals surface area contributed by atoms with E-state index in [-0.39, 0.29) is 24.0 Å². The number of amides is 1. The maximum Gasteiger partial charge on any atom is 0.225 e. The lowest BCUT2D eigenvalue weighted by Gasteiger charge is -2.29. The molecule has 0 radical (unpaired) electrons. The number of carbonyl (C=O) groups is 1. The Kier molecular flexibility index (Phi) is 3.99. The number of methoxy groups -OCH3 is 2. The lowest BCUT2D eigenvalue weighted by molar-refractivity contribution is -0.116. The second kappa shape index (κ2) is 6.33. The first kappa shape index (κ1) is 16.4. The van der Waals surface area contributed by atoms with Gasteiger partial charge in [0.1, 0.15) is 13.2 Å². The Hall–Kier alpha value is -3.09. The summed E-state index contributed by atoms with van der Waals surface area (Å²) in [6.07, 6.45) is 0.268. The Morgan fingerprint density at radius 1 is 1.04 bits per heavy atom. The molecule has 7 nitrogen and oxygen atoms in total. The molecule has 0 saturated carbocycles. The SMILES string of the molecule is COc1cc([C@H]2CC(=O)Nc3cc4c(cc32)OCCO4)cc(OC)c1O. The van der Waals surface area contributed by atoms with Crippen LogP contribution in [0.5, 0.6) is 28.7 Å². The van der Waals surface area contributed by atoms with Crippen LogP contribution in [0, 0.1) is 0 Å². The van der Waals surface area contributed by atoms with Crippen molar-refractivity contribution >= 4 is 11.6 Å². The summed E-state index contributed by atoms with van der Waals surface area (Å²) in [5, 5.41) is 13.0. The highest BCUT2D eigenvalue weighted by Gasteiger charge is 2.30. The highest BCUT2D eigenvalue weighted by Crippen LogP contribution is 2.47. The number of nitrogens with one attached hydrogen (secondary N) is 1. The molecule has 2 heterocycles. The number of benzene rings is 2. The van der Waals surface area contributed by atoms with Gasteiger partial charge in [-0.3, -0.25) is 4.79 Å². The van der Waals surface area contributed by atoms with Gasteiger partial charge in [-0.05, 0) is 29.3 Å². The summed E-state index contributed by atoms with van der Waals surface area (Å²) < 4.78 is 21.8. The van der Waals surface area contributed by atoms with Gasteiger partial charge in [0.15, 0.2) is 23.0 Å². The Morgan fingerprint density at radius 2 is 1.65 bits per heavy atom. The third-order valence-corrected chi connectivity index (χ3v) is 4.66. The molecule has 0 aromatic heterocycles. The number of carbonyl (C=O) groups excluding carboxylic acids is 1. The van der Waals surface area contributed by atoms with Crippen LogP contribution >= 0.6 is 0 Å². The van der Waals surface area contributed by atoms with Crippen molar-refractivity contribution in [2.24, 2.45) is 0 Å². The zero-order chi connectivity index (χ0) is 18.3. The summed E-state index contributed by atoms with van der Waals surface area (Å²) in [6.45, 7) is 0.971. The Labute approximate surface area is 150 Å². The van der Waals surface area contributed by atoms with E-state index in [0.717, 1.165) is 11.1 Å². The number of anilines is 1. The van der Waals surface area contributed by atoms with Crippen LogP contribution in [0.15, 0.2) is 24.3 Å². The standard InChI is InChI=1S/C19H19NO6/c1-23-16-5-10(6-17(24-2)19(16)22)11-8-18(21)20-13-9-15-14(7-12(11)13)25-3-4-26-15/h5-7,9,11,22H,3-4,8H2,1-2H3,(H,20,21)/t11-/m1/s1. The lowest BCUT2D eigenvalue weighted by Crippen LogP contribution is -2.24. The number of rotatable bonds is 3. The fraction of sp³-hybridized carbons (Fsp3) is 0.316. The van der Waals surface area contributed by atoms with Gasteiger partial charge in [-0.2, -0.15) is 0 Å². The molecule has 0 saturated heterocycles. The first-order valence-electron chi connectivity index (χ1n) is 8.29. The maximum absolute atomic E-state index is 12.3. The van der Waals surface area contributed by atoms with Gasteiger partial charge in [0.25, 0.3) is 0 Å². The van der Waals surface area contributed by atoms with Gasteiger partial charge in [0.2, 0.25) is 11.7 Å². The van der Waals surface area contributed by atoms with E-state index in [0.29, 0.717) is 41.9 Å². The van der Waals surface area contributed by atoms with E-state index < -0.39 is 0 Å². The molecule has 0 bridgehead atoms. The molecule has 0 unspecified atom stereocenters. The fourth-order valence-electron chi connectivity index (χ4n) is 3.41. The van der Waals surface area contributed by atoms with Crippen LogP contribution in [0.4, 0.5) is 5.69 Å². The second-order valence-corrected chi connectivity index (χ2v) is 6.16. The minimum absolute atomic E-state index is 0.0681. The minimum Gasteiger partial charge on any atom is -0.502 e. The van der Waals surface area contributed by atoms with E-state index in [1.54, 1.807) is 18.2 Å². The number of fused-ring (bicyclic) bond motifs is 2. The van der Waals surface area contributed by atoms with Crippen molar-refractivity contribution in [3.05, 3.63) is 35.4 Å². The highest BCUT2D eigenvalue weighted by molar-refractivity contribution is 5.96. The molecule has 0 spiro atoms. The Bertz CT molecular complexity index is 854. The van der Waals surface area contributed by atoms with Crippen molar-refractivity contribution in [2.75, 3.05) is 32.8 Å². The molecular formula is C19H19NO6. The first-order valence-corrected chi connectivity index (χ1v) is 8.29. The average Bonchev–Trinajstić information content (AvgIpc) is 2.66. The van der Waals surface area contributed by atoms with Crippen LogP contribution in [0.3, 0.4) is 0 Å². The van der Waals surface area contributed by atoms with Crippen molar-refractivity contribution in [3.8, 4) is 28.7 Å². The van der Waals surface area contributed by atoms with E-state index in [4.69, 9.17) is 18.9 Å². The number of aromatic hydroxyl groups is 1. The fourth-order valence-corrected chi connectivity index (χ4v) is 3.41. The third-order valence-electron chi connectivity index (χ3n) is 4.66. The molecule has 26 heavy (non-hydrogen) atoms. The zero-order valence-corrected chi connectivity index (χ0v) is 14.5. The van der Waals surface area contributed by atoms with Crippen LogP contribution in [0.25, 0.3) is 0 Å². The molecule has 2 N–H and O–H groups in total. The van der Waals surface area contributed by atoms with E-state index in [1.165, 1.54) is 14.2 Å². The quantitative estimate of drug-likeness (QED) is 0.878. The van der Waals surface area contributed by atoms with Gasteiger partial charge in [-0.25, -0.2) is 0 Å². The molecule has 136 valence electrons. The molecule has 1 amide bonds. The predicted octanol–water partition coefficient (Wildman–Crippen LogP) is 2.65. The average molecular weight is 357 g/mol. The van der Waals surface area contributed by atoms with Gasteiger partial charge >= 0.3 is 0 Å². The summed E-state index contributed by atoms with van der Waals surface area (Å²) in [7, 11) is 2.95. The van der Waals surface area contributed by atoms with Gasteiger partial charge in [0, 0.05) is 24.1 Å². The number of hydrogen-bond acceptors (Lipinski definition) is 6. The van der Waals surface area contributed by atoms with Gasteiger partial charge < -0.3 is 29.4 Å². The molecule has 0 fully saturated rings. The van der Waals surface area contributed by atoms with Crippen molar-refractivity contribution in [1.82, 2.24) is 0 Å². The summed E-state index contributed by atoms with van der Waals surface area (Å²) >= 11 is 0. The molecule has 2 aromatic carbocycles. The Morgan fingerprint density at radius 3 is 2.27 bits per heavy atom. The molecule has 2 aliphatic rings. The van der Waals surface area contributed by atoms with Gasteiger partial charge in [0.05, 0.1) is 14.2 Å². The van der Waals surface area contributed by atoms with Gasteiger partial charge in [-0.1, -0.05) is 0 Å². The maximum atomic E-state index is 12.3. The summed E-state index contributed by atoms with van der Waals surface area (Å²) in [6, 6.07) is 7.14. The van der Waals surface area contributed by atoms with Crippen LogP contribution in [0.1, 0.15) is 23.5 Å². The van der Waals surface area contributed by atoms with Crippen molar-refractivity contribution in [2.45, 2.75) is 12.3 Å². The van der Waals surface area contributed by atoms with E-state index in [2.05, 4.69) is 5.32 Å². The predicted molar refractivity (Wildman–Crippen MR) is 93.7 cm³/mol. The summed E-state index contributed by atoms with van der Waals surface area (Å²) in [5.41, 5.74) is 2.43. The minimum atomic E-state index is -0.224. The van der Waals surface area contributed by atoms with Crippen molar-refractivity contribution in [3.63, 3.8) is 0 Å². The number of ether oxygens (including phenoxy) is 4. The molecule has 2 aliphatic heterocycles. The van der Waals surface area contributed by atoms with Crippen molar-refractivity contribution < 1.29 is 28.8 Å². The Balaban J connectivity index is 1.85. The van der Waals surface area contributed by atoms with Crippen LogP contribution in [0.2, 0.25) is 0 Å². The first-order chi connectivity index (χ1) is 12.6. The molecular weight excluding hydrogens is 338 g/mol. The number of phenolic OH excluding ortho intramolecular Hbond substituents is 1. The monoisotopic (exact) mass is 357 g/mol. The largest absolute Gasteiger partial charge is 0.502 e. The third kappa shape index (κ3) is 2.65. The van der Waals surface area contributed by atoms with Crippen molar-refractivity contribution in [1.29, 1.82) is 0 Å². The summed E-state index contributed by atoms with van der Waals surface area (Å²) in [5.74, 6) is 1.49. The van der Waals surface area contributed by atoms with E-state index >= 15 is 0 Å². The number of phenols is 1. The molecule has 2 aromatic rings. The summed E-state index contributed by atoms with van der Waals surface area (Å²) in [4.78, 5) is 12.3. The molecule has 4 rings (SSSR count). The zero-order valence-electron chi connectivity index (χ0n) is 14.5. The van der Waals surface area contributed by atoms with E-state index in [1.807, 2.05) is 6.07 Å². The lowest BCUT2D eigenvalue weighted by atomic mass is 9.84. The second-order valence-electron chi connectivity index (χ2n) is 6.16. The van der Waals surface area contributed by atoms with Crippen LogP contribution in [-0.4, -0.2) is 38.4 Å². The number of hydrogen-bond donors (Lipinski definition) is 2.